The first-order valence-corrected chi connectivity index (χ1v) is 7.66. The average Bonchev–Trinajstić information content (AvgIpc) is 2.72. The third kappa shape index (κ3) is 3.45. The van der Waals surface area contributed by atoms with Gasteiger partial charge in [-0.15, -0.1) is 0 Å². The Labute approximate surface area is 122 Å². The minimum Gasteiger partial charge on any atom is -0.497 e. The van der Waals surface area contributed by atoms with Gasteiger partial charge in [0.1, 0.15) is 11.5 Å². The second kappa shape index (κ2) is 7.53. The predicted molar refractivity (Wildman–Crippen MR) is 82.8 cm³/mol. The van der Waals surface area contributed by atoms with Crippen LogP contribution >= 0.6 is 0 Å². The SMILES string of the molecule is CNCC1CCCCCC1c1cc(OC)ccc1OC. The Morgan fingerprint density at radius 1 is 1.10 bits per heavy atom. The second-order valence-corrected chi connectivity index (χ2v) is 5.67. The van der Waals surface area contributed by atoms with E-state index in [1.807, 2.05) is 19.2 Å². The first-order chi connectivity index (χ1) is 9.80. The fraction of sp³-hybridized carbons (Fsp3) is 0.647. The average molecular weight is 277 g/mol. The molecule has 0 radical (unpaired) electrons. The van der Waals surface area contributed by atoms with E-state index in [1.165, 1.54) is 37.7 Å². The minimum absolute atomic E-state index is 0.565. The zero-order valence-corrected chi connectivity index (χ0v) is 12.9. The van der Waals surface area contributed by atoms with E-state index in [1.54, 1.807) is 14.2 Å². The summed E-state index contributed by atoms with van der Waals surface area (Å²) in [5.41, 5.74) is 1.31. The smallest absolute Gasteiger partial charge is 0.122 e. The second-order valence-electron chi connectivity index (χ2n) is 5.67. The van der Waals surface area contributed by atoms with E-state index in [4.69, 9.17) is 9.47 Å². The van der Waals surface area contributed by atoms with E-state index in [0.29, 0.717) is 11.8 Å². The van der Waals surface area contributed by atoms with Gasteiger partial charge in [0.05, 0.1) is 14.2 Å². The highest BCUT2D eigenvalue weighted by Gasteiger charge is 2.27. The molecule has 0 spiro atoms. The van der Waals surface area contributed by atoms with Crippen LogP contribution in [0.4, 0.5) is 0 Å². The van der Waals surface area contributed by atoms with Crippen LogP contribution in [0.2, 0.25) is 0 Å². The van der Waals surface area contributed by atoms with Crippen molar-refractivity contribution >= 4 is 0 Å². The summed E-state index contributed by atoms with van der Waals surface area (Å²) >= 11 is 0. The molecular formula is C17H27NO2. The number of hydrogen-bond acceptors (Lipinski definition) is 3. The van der Waals surface area contributed by atoms with Gasteiger partial charge in [-0.05, 0) is 56.5 Å². The van der Waals surface area contributed by atoms with Gasteiger partial charge >= 0.3 is 0 Å². The molecule has 3 nitrogen and oxygen atoms in total. The number of nitrogens with one attached hydrogen (secondary N) is 1. The summed E-state index contributed by atoms with van der Waals surface area (Å²) in [7, 11) is 5.53. The maximum Gasteiger partial charge on any atom is 0.122 e. The molecule has 1 aliphatic rings. The van der Waals surface area contributed by atoms with Crippen LogP contribution in [0.15, 0.2) is 18.2 Å². The molecule has 112 valence electrons. The Bertz CT molecular complexity index is 419. The Kier molecular flexibility index (Phi) is 5.72. The number of hydrogen-bond donors (Lipinski definition) is 1. The third-order valence-corrected chi connectivity index (χ3v) is 4.46. The molecule has 2 unspecified atom stereocenters. The van der Waals surface area contributed by atoms with Crippen molar-refractivity contribution in [2.75, 3.05) is 27.8 Å². The molecule has 2 atom stereocenters. The van der Waals surface area contributed by atoms with Gasteiger partial charge in [-0.3, -0.25) is 0 Å². The van der Waals surface area contributed by atoms with Crippen molar-refractivity contribution in [3.05, 3.63) is 23.8 Å². The normalized spacial score (nSPS) is 23.1. The lowest BCUT2D eigenvalue weighted by molar-refractivity contribution is 0.356. The molecule has 1 aromatic carbocycles. The van der Waals surface area contributed by atoms with Gasteiger partial charge in [0.15, 0.2) is 0 Å². The standard InChI is InChI=1S/C17H27NO2/c1-18-12-13-7-5-4-6-8-15(13)16-11-14(19-2)9-10-17(16)20-3/h9-11,13,15,18H,4-8,12H2,1-3H3. The summed E-state index contributed by atoms with van der Waals surface area (Å²) in [6, 6.07) is 6.18. The molecule has 1 aromatic rings. The molecule has 1 N–H and O–H groups in total. The number of rotatable bonds is 5. The Balaban J connectivity index is 2.33. The molecule has 20 heavy (non-hydrogen) atoms. The zero-order valence-electron chi connectivity index (χ0n) is 12.9. The summed E-state index contributed by atoms with van der Waals surface area (Å²) in [5.74, 6) is 3.17. The van der Waals surface area contributed by atoms with Crippen LogP contribution < -0.4 is 14.8 Å². The maximum atomic E-state index is 5.59. The van der Waals surface area contributed by atoms with Crippen molar-refractivity contribution in [1.82, 2.24) is 5.32 Å². The summed E-state index contributed by atoms with van der Waals surface area (Å²) < 4.78 is 11.0. The van der Waals surface area contributed by atoms with E-state index in [9.17, 15) is 0 Å². The van der Waals surface area contributed by atoms with Gasteiger partial charge < -0.3 is 14.8 Å². The molecule has 0 heterocycles. The Hall–Kier alpha value is -1.22. The fourth-order valence-corrected chi connectivity index (χ4v) is 3.43. The molecule has 1 aliphatic carbocycles. The van der Waals surface area contributed by atoms with Crippen LogP contribution in [-0.2, 0) is 0 Å². The number of ether oxygens (including phenoxy) is 2. The predicted octanol–water partition coefficient (Wildman–Crippen LogP) is 3.59. The summed E-state index contributed by atoms with van der Waals surface area (Å²) in [6.07, 6.45) is 6.55. The van der Waals surface area contributed by atoms with Crippen molar-refractivity contribution < 1.29 is 9.47 Å². The molecular weight excluding hydrogens is 250 g/mol. The highest BCUT2D eigenvalue weighted by molar-refractivity contribution is 5.43. The lowest BCUT2D eigenvalue weighted by atomic mass is 9.82. The molecule has 2 rings (SSSR count). The van der Waals surface area contributed by atoms with Crippen LogP contribution in [0.5, 0.6) is 11.5 Å². The molecule has 0 amide bonds. The van der Waals surface area contributed by atoms with E-state index >= 15 is 0 Å². The lowest BCUT2D eigenvalue weighted by Crippen LogP contribution is -2.24. The van der Waals surface area contributed by atoms with Gasteiger partial charge in [-0.2, -0.15) is 0 Å². The quantitative estimate of drug-likeness (QED) is 0.834. The summed E-state index contributed by atoms with van der Waals surface area (Å²) in [6.45, 7) is 1.07. The van der Waals surface area contributed by atoms with E-state index in [-0.39, 0.29) is 0 Å². The van der Waals surface area contributed by atoms with Crippen LogP contribution in [-0.4, -0.2) is 27.8 Å². The molecule has 1 saturated carbocycles. The lowest BCUT2D eigenvalue weighted by Gasteiger charge is -2.27. The van der Waals surface area contributed by atoms with Gasteiger partial charge in [-0.25, -0.2) is 0 Å². The van der Waals surface area contributed by atoms with Crippen molar-refractivity contribution in [2.24, 2.45) is 5.92 Å². The van der Waals surface area contributed by atoms with Crippen LogP contribution in [0.3, 0.4) is 0 Å². The molecule has 0 saturated heterocycles. The Morgan fingerprint density at radius 3 is 2.60 bits per heavy atom. The summed E-state index contributed by atoms with van der Waals surface area (Å²) in [5, 5.41) is 3.36. The minimum atomic E-state index is 0.565. The first-order valence-electron chi connectivity index (χ1n) is 7.66. The molecule has 3 heteroatoms. The van der Waals surface area contributed by atoms with Gasteiger partial charge in [0.2, 0.25) is 0 Å². The largest absolute Gasteiger partial charge is 0.497 e. The number of benzene rings is 1. The fourth-order valence-electron chi connectivity index (χ4n) is 3.43. The number of methoxy groups -OCH3 is 2. The molecule has 1 fully saturated rings. The molecule has 0 bridgehead atoms. The van der Waals surface area contributed by atoms with Gasteiger partial charge in [-0.1, -0.05) is 19.3 Å². The third-order valence-electron chi connectivity index (χ3n) is 4.46. The van der Waals surface area contributed by atoms with Crippen molar-refractivity contribution in [3.8, 4) is 11.5 Å². The van der Waals surface area contributed by atoms with E-state index in [0.717, 1.165) is 18.0 Å². The van der Waals surface area contributed by atoms with Crippen molar-refractivity contribution in [2.45, 2.75) is 38.0 Å². The highest BCUT2D eigenvalue weighted by Crippen LogP contribution is 2.41. The summed E-state index contributed by atoms with van der Waals surface area (Å²) in [4.78, 5) is 0. The van der Waals surface area contributed by atoms with Crippen LogP contribution in [0.1, 0.15) is 43.6 Å². The Morgan fingerprint density at radius 2 is 1.90 bits per heavy atom. The topological polar surface area (TPSA) is 30.5 Å². The van der Waals surface area contributed by atoms with Gasteiger partial charge in [0, 0.05) is 5.56 Å². The van der Waals surface area contributed by atoms with E-state index < -0.39 is 0 Å². The van der Waals surface area contributed by atoms with E-state index in [2.05, 4.69) is 11.4 Å². The van der Waals surface area contributed by atoms with Crippen molar-refractivity contribution in [3.63, 3.8) is 0 Å². The van der Waals surface area contributed by atoms with Gasteiger partial charge in [0.25, 0.3) is 0 Å². The monoisotopic (exact) mass is 277 g/mol. The van der Waals surface area contributed by atoms with Crippen LogP contribution in [0.25, 0.3) is 0 Å². The highest BCUT2D eigenvalue weighted by atomic mass is 16.5. The molecule has 0 aliphatic heterocycles. The maximum absolute atomic E-state index is 5.59. The van der Waals surface area contributed by atoms with Crippen molar-refractivity contribution in [1.29, 1.82) is 0 Å². The van der Waals surface area contributed by atoms with Crippen LogP contribution in [0, 0.1) is 5.92 Å². The first kappa shape index (κ1) is 15.2. The zero-order chi connectivity index (χ0) is 14.4. The molecule has 0 aromatic heterocycles.